The summed E-state index contributed by atoms with van der Waals surface area (Å²) in [5.74, 6) is 1.04. The number of aromatic nitrogens is 1. The Labute approximate surface area is 159 Å². The van der Waals surface area contributed by atoms with Crippen molar-refractivity contribution < 1.29 is 4.74 Å². The molecule has 3 heterocycles. The number of likely N-dealkylation sites (tertiary alicyclic amines) is 1. The van der Waals surface area contributed by atoms with E-state index in [-0.39, 0.29) is 24.0 Å². The third kappa shape index (κ3) is 4.36. The van der Waals surface area contributed by atoms with Crippen molar-refractivity contribution in [1.29, 1.82) is 0 Å². The molecule has 1 aromatic rings. The number of ether oxygens (including phenoxy) is 1. The zero-order valence-electron chi connectivity index (χ0n) is 14.2. The lowest BCUT2D eigenvalue weighted by Crippen LogP contribution is -2.41. The van der Waals surface area contributed by atoms with Gasteiger partial charge >= 0.3 is 0 Å². The highest BCUT2D eigenvalue weighted by Gasteiger charge is 2.42. The molecule has 2 saturated heterocycles. The number of aryl methyl sites for hydroxylation is 2. The second-order valence-corrected chi connectivity index (χ2v) is 7.67. The van der Waals surface area contributed by atoms with Crippen molar-refractivity contribution in [2.45, 2.75) is 40.2 Å². The topological polar surface area (TPSA) is 49.8 Å². The van der Waals surface area contributed by atoms with E-state index in [9.17, 15) is 0 Å². The van der Waals surface area contributed by atoms with E-state index in [2.05, 4.69) is 36.0 Å². The molecular weight excluding hydrogens is 423 g/mol. The van der Waals surface area contributed by atoms with Crippen molar-refractivity contribution in [2.75, 3.05) is 32.8 Å². The molecule has 3 rings (SSSR count). The van der Waals surface area contributed by atoms with E-state index < -0.39 is 0 Å². The van der Waals surface area contributed by atoms with Gasteiger partial charge in [-0.1, -0.05) is 0 Å². The first-order chi connectivity index (χ1) is 10.6. The van der Waals surface area contributed by atoms with Gasteiger partial charge in [0.15, 0.2) is 5.96 Å². The first-order valence-electron chi connectivity index (χ1n) is 8.16. The quantitative estimate of drug-likeness (QED) is 0.437. The lowest BCUT2D eigenvalue weighted by atomic mass is 9.87. The fraction of sp³-hybridized carbons (Fsp3) is 0.750. The summed E-state index contributed by atoms with van der Waals surface area (Å²) in [6.07, 6.45) is 2.41. The van der Waals surface area contributed by atoms with E-state index in [1.807, 2.05) is 0 Å². The second-order valence-electron chi connectivity index (χ2n) is 6.39. The van der Waals surface area contributed by atoms with Crippen LogP contribution in [0.1, 0.15) is 35.3 Å². The standard InChI is InChI=1S/C16H26N4OS.HI/c1-4-17-15(18-9-14-12(2)19-13(3)22-14)20-7-5-16(10-20)6-8-21-11-16;/h4-11H2,1-3H3,(H,17,18);1H. The number of hydrogen-bond donors (Lipinski definition) is 1. The Morgan fingerprint density at radius 1 is 1.43 bits per heavy atom. The molecule has 1 N–H and O–H groups in total. The van der Waals surface area contributed by atoms with Crippen LogP contribution in [0.3, 0.4) is 0 Å². The molecule has 7 heteroatoms. The monoisotopic (exact) mass is 450 g/mol. The van der Waals surface area contributed by atoms with E-state index in [0.29, 0.717) is 5.41 Å². The summed E-state index contributed by atoms with van der Waals surface area (Å²) in [6.45, 7) is 11.9. The molecule has 2 fully saturated rings. The number of halogens is 1. The summed E-state index contributed by atoms with van der Waals surface area (Å²) in [4.78, 5) is 13.0. The fourth-order valence-corrected chi connectivity index (χ4v) is 4.24. The van der Waals surface area contributed by atoms with Crippen LogP contribution in [-0.4, -0.2) is 48.7 Å². The Hall–Kier alpha value is -0.410. The van der Waals surface area contributed by atoms with Crippen LogP contribution in [0.5, 0.6) is 0 Å². The van der Waals surface area contributed by atoms with Gasteiger partial charge in [-0.15, -0.1) is 35.3 Å². The van der Waals surface area contributed by atoms with E-state index in [0.717, 1.165) is 56.1 Å². The highest BCUT2D eigenvalue weighted by molar-refractivity contribution is 14.0. The minimum atomic E-state index is 0. The molecule has 130 valence electrons. The van der Waals surface area contributed by atoms with E-state index in [1.165, 1.54) is 17.7 Å². The molecule has 0 aromatic carbocycles. The molecule has 0 saturated carbocycles. The van der Waals surface area contributed by atoms with Gasteiger partial charge in [0.1, 0.15) is 0 Å². The van der Waals surface area contributed by atoms with Crippen LogP contribution in [0.25, 0.3) is 0 Å². The largest absolute Gasteiger partial charge is 0.381 e. The van der Waals surface area contributed by atoms with Crippen LogP contribution < -0.4 is 5.32 Å². The van der Waals surface area contributed by atoms with Crippen LogP contribution in [-0.2, 0) is 11.3 Å². The van der Waals surface area contributed by atoms with Gasteiger partial charge in [-0.05, 0) is 33.6 Å². The summed E-state index contributed by atoms with van der Waals surface area (Å²) in [5, 5.41) is 4.57. The van der Waals surface area contributed by atoms with Gasteiger partial charge in [0.05, 0.1) is 23.9 Å². The Kier molecular flexibility index (Phi) is 6.67. The SMILES string of the molecule is CCNC(=NCc1sc(C)nc1C)N1CCC2(CCOC2)C1.I. The molecule has 2 aliphatic heterocycles. The van der Waals surface area contributed by atoms with Gasteiger partial charge in [0.2, 0.25) is 0 Å². The van der Waals surface area contributed by atoms with E-state index in [4.69, 9.17) is 9.73 Å². The summed E-state index contributed by atoms with van der Waals surface area (Å²) in [5.41, 5.74) is 1.48. The predicted octanol–water partition coefficient (Wildman–Crippen LogP) is 2.96. The Morgan fingerprint density at radius 3 is 2.87 bits per heavy atom. The molecular formula is C16H27IN4OS. The number of rotatable bonds is 3. The summed E-state index contributed by atoms with van der Waals surface area (Å²) >= 11 is 1.75. The van der Waals surface area contributed by atoms with Crippen molar-refractivity contribution in [3.63, 3.8) is 0 Å². The Balaban J connectivity index is 0.00000192. The molecule has 0 aliphatic carbocycles. The molecule has 1 atom stereocenters. The lowest BCUT2D eigenvalue weighted by molar-refractivity contribution is 0.156. The first-order valence-corrected chi connectivity index (χ1v) is 8.97. The van der Waals surface area contributed by atoms with Gasteiger partial charge in [0.25, 0.3) is 0 Å². The molecule has 1 spiro atoms. The number of guanidine groups is 1. The minimum Gasteiger partial charge on any atom is -0.381 e. The van der Waals surface area contributed by atoms with Crippen LogP contribution in [0.15, 0.2) is 4.99 Å². The van der Waals surface area contributed by atoms with Crippen LogP contribution >= 0.6 is 35.3 Å². The summed E-state index contributed by atoms with van der Waals surface area (Å²) < 4.78 is 5.62. The van der Waals surface area contributed by atoms with Crippen molar-refractivity contribution in [2.24, 2.45) is 10.4 Å². The Bertz CT molecular complexity index is 554. The third-order valence-electron chi connectivity index (χ3n) is 4.63. The van der Waals surface area contributed by atoms with Crippen LogP contribution in [0, 0.1) is 19.3 Å². The van der Waals surface area contributed by atoms with Gasteiger partial charge < -0.3 is 15.0 Å². The fourth-order valence-electron chi connectivity index (χ4n) is 3.38. The van der Waals surface area contributed by atoms with Crippen molar-refractivity contribution in [3.05, 3.63) is 15.6 Å². The molecule has 2 aliphatic rings. The highest BCUT2D eigenvalue weighted by Crippen LogP contribution is 2.38. The summed E-state index contributed by atoms with van der Waals surface area (Å²) in [6, 6.07) is 0. The average molecular weight is 450 g/mol. The van der Waals surface area contributed by atoms with Crippen molar-refractivity contribution in [3.8, 4) is 0 Å². The maximum Gasteiger partial charge on any atom is 0.194 e. The number of aliphatic imine (C=N–C) groups is 1. The number of nitrogens with zero attached hydrogens (tertiary/aromatic N) is 3. The van der Waals surface area contributed by atoms with Crippen LogP contribution in [0.2, 0.25) is 0 Å². The van der Waals surface area contributed by atoms with E-state index >= 15 is 0 Å². The van der Waals surface area contributed by atoms with E-state index in [1.54, 1.807) is 11.3 Å². The molecule has 0 radical (unpaired) electrons. The zero-order valence-corrected chi connectivity index (χ0v) is 17.4. The molecule has 5 nitrogen and oxygen atoms in total. The maximum atomic E-state index is 5.62. The van der Waals surface area contributed by atoms with Crippen molar-refractivity contribution in [1.82, 2.24) is 15.2 Å². The molecule has 1 unspecified atom stereocenters. The van der Waals surface area contributed by atoms with Gasteiger partial charge in [-0.2, -0.15) is 0 Å². The smallest absolute Gasteiger partial charge is 0.194 e. The molecule has 1 aromatic heterocycles. The molecule has 0 bridgehead atoms. The first kappa shape index (κ1) is 18.9. The lowest BCUT2D eigenvalue weighted by Gasteiger charge is -2.24. The number of nitrogens with one attached hydrogen (secondary N) is 1. The molecule has 23 heavy (non-hydrogen) atoms. The highest BCUT2D eigenvalue weighted by atomic mass is 127. The molecule has 0 amide bonds. The van der Waals surface area contributed by atoms with Crippen LogP contribution in [0.4, 0.5) is 0 Å². The minimum absolute atomic E-state index is 0. The van der Waals surface area contributed by atoms with Gasteiger partial charge in [-0.3, -0.25) is 0 Å². The van der Waals surface area contributed by atoms with Crippen molar-refractivity contribution >= 4 is 41.3 Å². The number of hydrogen-bond acceptors (Lipinski definition) is 4. The Morgan fingerprint density at radius 2 is 2.26 bits per heavy atom. The zero-order chi connectivity index (χ0) is 15.6. The van der Waals surface area contributed by atoms with Gasteiger partial charge in [0, 0.05) is 36.5 Å². The normalized spacial score (nSPS) is 24.3. The van der Waals surface area contributed by atoms with Gasteiger partial charge in [-0.25, -0.2) is 9.98 Å². The second kappa shape index (κ2) is 8.11. The summed E-state index contributed by atoms with van der Waals surface area (Å²) in [7, 11) is 0. The average Bonchev–Trinajstić information content (AvgIpc) is 3.19. The maximum absolute atomic E-state index is 5.62. The number of thiazole rings is 1. The predicted molar refractivity (Wildman–Crippen MR) is 106 cm³/mol. The third-order valence-corrected chi connectivity index (χ3v) is 5.69.